The molecule has 0 bridgehead atoms. The van der Waals surface area contributed by atoms with Crippen LogP contribution in [0.1, 0.15) is 13.3 Å². The summed E-state index contributed by atoms with van der Waals surface area (Å²) in [6.07, 6.45) is 2.02. The second kappa shape index (κ2) is 4.96. The van der Waals surface area contributed by atoms with Crippen LogP contribution in [0.3, 0.4) is 0 Å². The van der Waals surface area contributed by atoms with Crippen LogP contribution in [0.2, 0.25) is 0 Å². The Kier molecular flexibility index (Phi) is 4.12. The number of halogens is 1. The quantitative estimate of drug-likeness (QED) is 0.796. The summed E-state index contributed by atoms with van der Waals surface area (Å²) in [4.78, 5) is 0. The molecule has 0 saturated carbocycles. The van der Waals surface area contributed by atoms with E-state index in [1.165, 1.54) is 23.6 Å². The molecule has 1 unspecified atom stereocenters. The average molecular weight is 252 g/mol. The third-order valence-corrected chi connectivity index (χ3v) is 4.01. The second-order valence-corrected chi connectivity index (χ2v) is 6.08. The lowest BCUT2D eigenvalue weighted by atomic mass is 10.3. The largest absolute Gasteiger partial charge is 0.266 e. The Morgan fingerprint density at radius 1 is 1.67 bits per heavy atom. The Balaban J connectivity index is 2.71. The Morgan fingerprint density at radius 2 is 2.33 bits per heavy atom. The highest BCUT2D eigenvalue weighted by Gasteiger charge is 2.21. The number of nitrogens with zero attached hydrogens (tertiary/aromatic N) is 2. The highest BCUT2D eigenvalue weighted by molar-refractivity contribution is 7.89. The number of hydrogen-bond acceptors (Lipinski definition) is 3. The van der Waals surface area contributed by atoms with Gasteiger partial charge in [0, 0.05) is 19.0 Å². The van der Waals surface area contributed by atoms with Crippen molar-refractivity contribution in [2.75, 3.05) is 13.6 Å². The lowest BCUT2D eigenvalue weighted by molar-refractivity contribution is 0.458. The number of H-pyrrole nitrogens is 1. The van der Waals surface area contributed by atoms with Crippen molar-refractivity contribution in [3.8, 4) is 0 Å². The molecule has 1 aromatic rings. The molecule has 15 heavy (non-hydrogen) atoms. The van der Waals surface area contributed by atoms with Gasteiger partial charge in [0.15, 0.2) is 5.03 Å². The van der Waals surface area contributed by atoms with Gasteiger partial charge in [0.2, 0.25) is 0 Å². The van der Waals surface area contributed by atoms with E-state index in [0.717, 1.165) is 0 Å². The first kappa shape index (κ1) is 12.5. The standard InChI is InChI=1S/C8H14ClN3O2S/c1-7(9)4-6-12(2)15(13,14)8-3-5-10-11-8/h3,5,7H,4,6H2,1-2H3,(H,10,11). The van der Waals surface area contributed by atoms with E-state index < -0.39 is 10.0 Å². The predicted molar refractivity (Wildman–Crippen MR) is 58.3 cm³/mol. The summed E-state index contributed by atoms with van der Waals surface area (Å²) in [7, 11) is -1.91. The van der Waals surface area contributed by atoms with Crippen LogP contribution in [0, 0.1) is 0 Å². The van der Waals surface area contributed by atoms with Gasteiger partial charge in [-0.2, -0.15) is 9.40 Å². The number of aromatic amines is 1. The molecule has 0 amide bonds. The summed E-state index contributed by atoms with van der Waals surface area (Å²) >= 11 is 5.76. The maximum atomic E-state index is 11.8. The topological polar surface area (TPSA) is 66.1 Å². The van der Waals surface area contributed by atoms with Crippen LogP contribution in [-0.4, -0.2) is 41.9 Å². The van der Waals surface area contributed by atoms with Crippen LogP contribution in [0.25, 0.3) is 0 Å². The summed E-state index contributed by atoms with van der Waals surface area (Å²) in [6.45, 7) is 2.23. The first-order chi connectivity index (χ1) is 6.94. The van der Waals surface area contributed by atoms with E-state index in [4.69, 9.17) is 11.6 Å². The average Bonchev–Trinajstić information content (AvgIpc) is 2.66. The zero-order valence-corrected chi connectivity index (χ0v) is 10.2. The molecule has 0 aliphatic carbocycles. The van der Waals surface area contributed by atoms with Gasteiger partial charge >= 0.3 is 0 Å². The number of rotatable bonds is 5. The Morgan fingerprint density at radius 3 is 2.80 bits per heavy atom. The lowest BCUT2D eigenvalue weighted by Crippen LogP contribution is -2.29. The highest BCUT2D eigenvalue weighted by Crippen LogP contribution is 2.11. The summed E-state index contributed by atoms with van der Waals surface area (Å²) in [5.41, 5.74) is 0. The van der Waals surface area contributed by atoms with E-state index in [-0.39, 0.29) is 10.4 Å². The molecule has 5 nitrogen and oxygen atoms in total. The van der Waals surface area contributed by atoms with Gasteiger partial charge in [0.05, 0.1) is 6.20 Å². The lowest BCUT2D eigenvalue weighted by Gasteiger charge is -2.16. The van der Waals surface area contributed by atoms with E-state index in [0.29, 0.717) is 13.0 Å². The van der Waals surface area contributed by atoms with Crippen molar-refractivity contribution in [3.63, 3.8) is 0 Å². The number of hydrogen-bond donors (Lipinski definition) is 1. The van der Waals surface area contributed by atoms with Crippen molar-refractivity contribution in [2.24, 2.45) is 0 Å². The van der Waals surface area contributed by atoms with Crippen molar-refractivity contribution in [2.45, 2.75) is 23.7 Å². The molecule has 86 valence electrons. The van der Waals surface area contributed by atoms with Crippen LogP contribution >= 0.6 is 11.6 Å². The fourth-order valence-corrected chi connectivity index (χ4v) is 2.21. The maximum absolute atomic E-state index is 11.8. The molecular weight excluding hydrogens is 238 g/mol. The smallest absolute Gasteiger partial charge is 0.259 e. The molecule has 1 rings (SSSR count). The molecule has 0 fully saturated rings. The Bertz CT molecular complexity index is 388. The van der Waals surface area contributed by atoms with E-state index in [1.807, 2.05) is 6.92 Å². The van der Waals surface area contributed by atoms with Crippen molar-refractivity contribution in [1.29, 1.82) is 0 Å². The van der Waals surface area contributed by atoms with E-state index >= 15 is 0 Å². The van der Waals surface area contributed by atoms with Gasteiger partial charge in [-0.25, -0.2) is 8.42 Å². The maximum Gasteiger partial charge on any atom is 0.259 e. The number of alkyl halides is 1. The molecular formula is C8H14ClN3O2S. The van der Waals surface area contributed by atoms with Crippen LogP contribution < -0.4 is 0 Å². The molecule has 0 radical (unpaired) electrons. The molecule has 0 saturated heterocycles. The number of aromatic nitrogens is 2. The van der Waals surface area contributed by atoms with Gasteiger partial charge in [-0.05, 0) is 19.4 Å². The SMILES string of the molecule is CC(Cl)CCN(C)S(=O)(=O)c1ccn[nH]1. The fraction of sp³-hybridized carbons (Fsp3) is 0.625. The molecule has 7 heteroatoms. The number of nitrogens with one attached hydrogen (secondary N) is 1. The molecule has 1 N–H and O–H groups in total. The molecule has 0 aromatic carbocycles. The van der Waals surface area contributed by atoms with Gasteiger partial charge < -0.3 is 0 Å². The minimum Gasteiger partial charge on any atom is -0.266 e. The highest BCUT2D eigenvalue weighted by atomic mass is 35.5. The molecule has 1 atom stereocenters. The van der Waals surface area contributed by atoms with Crippen molar-refractivity contribution < 1.29 is 8.42 Å². The van der Waals surface area contributed by atoms with Crippen molar-refractivity contribution in [1.82, 2.24) is 14.5 Å². The summed E-state index contributed by atoms with van der Waals surface area (Å²) in [5.74, 6) is 0. The zero-order valence-electron chi connectivity index (χ0n) is 8.64. The van der Waals surface area contributed by atoms with Gasteiger partial charge in [-0.15, -0.1) is 11.6 Å². The van der Waals surface area contributed by atoms with Crippen molar-refractivity contribution in [3.05, 3.63) is 12.3 Å². The fourth-order valence-electron chi connectivity index (χ4n) is 1.03. The normalized spacial score (nSPS) is 14.4. The molecule has 1 aromatic heterocycles. The monoisotopic (exact) mass is 251 g/mol. The minimum absolute atomic E-state index is 0.0376. The van der Waals surface area contributed by atoms with Crippen molar-refractivity contribution >= 4 is 21.6 Å². The first-order valence-electron chi connectivity index (χ1n) is 4.54. The van der Waals surface area contributed by atoms with Gasteiger partial charge in [-0.1, -0.05) is 0 Å². The number of sulfonamides is 1. The third kappa shape index (κ3) is 3.19. The summed E-state index contributed by atoms with van der Waals surface area (Å²) < 4.78 is 24.9. The first-order valence-corrected chi connectivity index (χ1v) is 6.42. The summed E-state index contributed by atoms with van der Waals surface area (Å²) in [5, 5.41) is 6.11. The van der Waals surface area contributed by atoms with E-state index in [9.17, 15) is 8.42 Å². The van der Waals surface area contributed by atoms with Crippen LogP contribution in [0.5, 0.6) is 0 Å². The molecule has 0 aliphatic heterocycles. The van der Waals surface area contributed by atoms with Gasteiger partial charge in [0.1, 0.15) is 0 Å². The van der Waals surface area contributed by atoms with E-state index in [1.54, 1.807) is 0 Å². The molecule has 1 heterocycles. The van der Waals surface area contributed by atoms with Crippen LogP contribution in [0.4, 0.5) is 0 Å². The Labute approximate surface area is 94.5 Å². The summed E-state index contributed by atoms with van der Waals surface area (Å²) in [6, 6.07) is 1.43. The van der Waals surface area contributed by atoms with Crippen LogP contribution in [0.15, 0.2) is 17.3 Å². The molecule has 0 aliphatic rings. The van der Waals surface area contributed by atoms with Gasteiger partial charge in [0.25, 0.3) is 10.0 Å². The molecule has 0 spiro atoms. The zero-order chi connectivity index (χ0) is 11.5. The van der Waals surface area contributed by atoms with Crippen LogP contribution in [-0.2, 0) is 10.0 Å². The Hall–Kier alpha value is -0.590. The van der Waals surface area contributed by atoms with Gasteiger partial charge in [-0.3, -0.25) is 5.10 Å². The third-order valence-electron chi connectivity index (χ3n) is 2.01. The second-order valence-electron chi connectivity index (χ2n) is 3.32. The van der Waals surface area contributed by atoms with E-state index in [2.05, 4.69) is 10.2 Å². The minimum atomic E-state index is -3.43. The predicted octanol–water partition coefficient (Wildman–Crippen LogP) is 1.05.